The summed E-state index contributed by atoms with van der Waals surface area (Å²) in [5.41, 5.74) is 3.94. The van der Waals surface area contributed by atoms with E-state index >= 15 is 0 Å². The second-order valence-electron chi connectivity index (χ2n) is 7.73. The SMILES string of the molecule is Cc1ccc(CNC(=O)C2CCN(c3cc(-c4ccc(F)cc4)ncn3)CC2)cc1. The number of nitrogens with one attached hydrogen (secondary N) is 1. The highest BCUT2D eigenvalue weighted by Crippen LogP contribution is 2.25. The highest BCUT2D eigenvalue weighted by atomic mass is 19.1. The predicted octanol–water partition coefficient (Wildman–Crippen LogP) is 4.12. The number of benzene rings is 2. The normalized spacial score (nSPS) is 14.5. The molecule has 0 atom stereocenters. The zero-order valence-electron chi connectivity index (χ0n) is 17.0. The molecule has 1 aliphatic heterocycles. The van der Waals surface area contributed by atoms with Crippen molar-refractivity contribution in [1.29, 1.82) is 0 Å². The fraction of sp³-hybridized carbons (Fsp3) is 0.292. The van der Waals surface area contributed by atoms with Gasteiger partial charge in [-0.25, -0.2) is 14.4 Å². The van der Waals surface area contributed by atoms with Crippen LogP contribution in [0.15, 0.2) is 60.9 Å². The molecule has 0 aliphatic carbocycles. The fourth-order valence-corrected chi connectivity index (χ4v) is 3.71. The number of aromatic nitrogens is 2. The van der Waals surface area contributed by atoms with Crippen LogP contribution in [-0.2, 0) is 11.3 Å². The lowest BCUT2D eigenvalue weighted by Gasteiger charge is -2.32. The first-order valence-corrected chi connectivity index (χ1v) is 10.2. The van der Waals surface area contributed by atoms with Gasteiger partial charge in [-0.2, -0.15) is 0 Å². The topological polar surface area (TPSA) is 58.1 Å². The first-order chi connectivity index (χ1) is 14.6. The van der Waals surface area contributed by atoms with Gasteiger partial charge >= 0.3 is 0 Å². The van der Waals surface area contributed by atoms with Gasteiger partial charge in [0.2, 0.25) is 5.91 Å². The number of hydrogen-bond donors (Lipinski definition) is 1. The molecule has 1 fully saturated rings. The van der Waals surface area contributed by atoms with Crippen molar-refractivity contribution < 1.29 is 9.18 Å². The number of aryl methyl sites for hydroxylation is 1. The van der Waals surface area contributed by atoms with Gasteiger partial charge in [0.15, 0.2) is 0 Å². The van der Waals surface area contributed by atoms with Gasteiger partial charge in [-0.3, -0.25) is 4.79 Å². The molecule has 1 N–H and O–H groups in total. The van der Waals surface area contributed by atoms with Crippen molar-refractivity contribution in [2.24, 2.45) is 5.92 Å². The molecule has 3 aromatic rings. The summed E-state index contributed by atoms with van der Waals surface area (Å²) in [7, 11) is 0. The molecule has 154 valence electrons. The zero-order valence-corrected chi connectivity index (χ0v) is 17.0. The summed E-state index contributed by atoms with van der Waals surface area (Å²) < 4.78 is 13.2. The second-order valence-corrected chi connectivity index (χ2v) is 7.73. The first kappa shape index (κ1) is 20.0. The minimum atomic E-state index is -0.268. The summed E-state index contributed by atoms with van der Waals surface area (Å²) in [5.74, 6) is 0.702. The summed E-state index contributed by atoms with van der Waals surface area (Å²) in [5, 5.41) is 3.06. The Bertz CT molecular complexity index is 996. The summed E-state index contributed by atoms with van der Waals surface area (Å²) in [6, 6.07) is 16.4. The number of hydrogen-bond acceptors (Lipinski definition) is 4. The van der Waals surface area contributed by atoms with Gasteiger partial charge in [0, 0.05) is 37.2 Å². The zero-order chi connectivity index (χ0) is 20.9. The summed E-state index contributed by atoms with van der Waals surface area (Å²) in [6.07, 6.45) is 3.11. The van der Waals surface area contributed by atoms with E-state index in [1.165, 1.54) is 24.0 Å². The molecule has 1 aliphatic rings. The quantitative estimate of drug-likeness (QED) is 0.695. The van der Waals surface area contributed by atoms with Crippen molar-refractivity contribution in [3.63, 3.8) is 0 Å². The van der Waals surface area contributed by atoms with E-state index < -0.39 is 0 Å². The van der Waals surface area contributed by atoms with Crippen LogP contribution in [0.1, 0.15) is 24.0 Å². The summed E-state index contributed by atoms with van der Waals surface area (Å²) >= 11 is 0. The lowest BCUT2D eigenvalue weighted by Crippen LogP contribution is -2.40. The summed E-state index contributed by atoms with van der Waals surface area (Å²) in [4.78, 5) is 23.5. The third-order valence-electron chi connectivity index (χ3n) is 5.57. The molecule has 5 nitrogen and oxygen atoms in total. The Morgan fingerprint density at radius 3 is 2.47 bits per heavy atom. The average molecular weight is 404 g/mol. The molecule has 0 unspecified atom stereocenters. The number of anilines is 1. The Balaban J connectivity index is 1.33. The number of piperidine rings is 1. The standard InChI is InChI=1S/C24H25FN4O/c1-17-2-4-18(5-3-17)15-26-24(30)20-10-12-29(13-11-20)23-14-22(27-16-28-23)19-6-8-21(25)9-7-19/h2-9,14,16,20H,10-13,15H2,1H3,(H,26,30). The molecule has 4 rings (SSSR count). The number of halogens is 1. The Labute approximate surface area is 176 Å². The monoisotopic (exact) mass is 404 g/mol. The number of carbonyl (C=O) groups excluding carboxylic acids is 1. The van der Waals surface area contributed by atoms with Gasteiger partial charge in [-0.05, 0) is 49.6 Å². The smallest absolute Gasteiger partial charge is 0.223 e. The van der Waals surface area contributed by atoms with Crippen molar-refractivity contribution in [2.75, 3.05) is 18.0 Å². The molecule has 2 aromatic carbocycles. The molecule has 2 heterocycles. The molecule has 6 heteroatoms. The maximum atomic E-state index is 13.2. The maximum absolute atomic E-state index is 13.2. The summed E-state index contributed by atoms with van der Waals surface area (Å²) in [6.45, 7) is 4.15. The Kier molecular flexibility index (Phi) is 6.02. The lowest BCUT2D eigenvalue weighted by molar-refractivity contribution is -0.125. The third-order valence-corrected chi connectivity index (χ3v) is 5.57. The number of rotatable bonds is 5. The number of amides is 1. The van der Waals surface area contributed by atoms with Gasteiger partial charge in [0.1, 0.15) is 18.0 Å². The molecule has 30 heavy (non-hydrogen) atoms. The number of carbonyl (C=O) groups is 1. The fourth-order valence-electron chi connectivity index (χ4n) is 3.71. The lowest BCUT2D eigenvalue weighted by atomic mass is 9.95. The van der Waals surface area contributed by atoms with Crippen molar-refractivity contribution in [1.82, 2.24) is 15.3 Å². The van der Waals surface area contributed by atoms with Crippen LogP contribution in [0.2, 0.25) is 0 Å². The maximum Gasteiger partial charge on any atom is 0.223 e. The average Bonchev–Trinajstić information content (AvgIpc) is 2.79. The van der Waals surface area contributed by atoms with E-state index in [2.05, 4.69) is 39.2 Å². The van der Waals surface area contributed by atoms with Gasteiger partial charge in [-0.15, -0.1) is 0 Å². The number of nitrogens with zero attached hydrogens (tertiary/aromatic N) is 3. The van der Waals surface area contributed by atoms with Gasteiger partial charge < -0.3 is 10.2 Å². The van der Waals surface area contributed by atoms with E-state index in [0.29, 0.717) is 6.54 Å². The highest BCUT2D eigenvalue weighted by molar-refractivity contribution is 5.79. The molecule has 0 saturated carbocycles. The van der Waals surface area contributed by atoms with Crippen LogP contribution in [0.3, 0.4) is 0 Å². The first-order valence-electron chi connectivity index (χ1n) is 10.2. The molecular formula is C24H25FN4O. The molecule has 1 aromatic heterocycles. The Morgan fingerprint density at radius 2 is 1.77 bits per heavy atom. The van der Waals surface area contributed by atoms with Crippen LogP contribution in [0, 0.1) is 18.7 Å². The van der Waals surface area contributed by atoms with Crippen molar-refractivity contribution in [2.45, 2.75) is 26.3 Å². The van der Waals surface area contributed by atoms with Crippen LogP contribution in [-0.4, -0.2) is 29.0 Å². The van der Waals surface area contributed by atoms with E-state index in [9.17, 15) is 9.18 Å². The van der Waals surface area contributed by atoms with E-state index in [-0.39, 0.29) is 17.6 Å². The van der Waals surface area contributed by atoms with Crippen molar-refractivity contribution in [3.05, 3.63) is 77.9 Å². The van der Waals surface area contributed by atoms with E-state index in [0.717, 1.165) is 48.6 Å². The highest BCUT2D eigenvalue weighted by Gasteiger charge is 2.25. The van der Waals surface area contributed by atoms with E-state index in [1.54, 1.807) is 12.1 Å². The largest absolute Gasteiger partial charge is 0.356 e. The second kappa shape index (κ2) is 9.03. The van der Waals surface area contributed by atoms with Crippen LogP contribution < -0.4 is 10.2 Å². The molecule has 1 amide bonds. The van der Waals surface area contributed by atoms with E-state index in [1.807, 2.05) is 18.2 Å². The van der Waals surface area contributed by atoms with Crippen LogP contribution in [0.5, 0.6) is 0 Å². The molecule has 0 spiro atoms. The van der Waals surface area contributed by atoms with Crippen LogP contribution >= 0.6 is 0 Å². The third kappa shape index (κ3) is 4.82. The Morgan fingerprint density at radius 1 is 1.07 bits per heavy atom. The van der Waals surface area contributed by atoms with Gasteiger partial charge in [-0.1, -0.05) is 29.8 Å². The van der Waals surface area contributed by atoms with Gasteiger partial charge in [0.25, 0.3) is 0 Å². The van der Waals surface area contributed by atoms with Crippen LogP contribution in [0.4, 0.5) is 10.2 Å². The van der Waals surface area contributed by atoms with Gasteiger partial charge in [0.05, 0.1) is 5.69 Å². The molecule has 0 bridgehead atoms. The van der Waals surface area contributed by atoms with E-state index in [4.69, 9.17) is 0 Å². The van der Waals surface area contributed by atoms with Crippen molar-refractivity contribution in [3.8, 4) is 11.3 Å². The van der Waals surface area contributed by atoms with Crippen molar-refractivity contribution >= 4 is 11.7 Å². The minimum absolute atomic E-state index is 0.0186. The minimum Gasteiger partial charge on any atom is -0.356 e. The molecule has 0 radical (unpaired) electrons. The molecule has 1 saturated heterocycles. The predicted molar refractivity (Wildman–Crippen MR) is 115 cm³/mol. The molecular weight excluding hydrogens is 379 g/mol. The van der Waals surface area contributed by atoms with Crippen LogP contribution in [0.25, 0.3) is 11.3 Å². The Hall–Kier alpha value is -3.28.